The number of aromatic nitrogens is 1. The number of benzene rings is 2. The Bertz CT molecular complexity index is 1220. The molecule has 0 fully saturated rings. The molecule has 0 atom stereocenters. The van der Waals surface area contributed by atoms with Crippen LogP contribution in [0.1, 0.15) is 58.8 Å². The minimum Gasteiger partial charge on any atom is -0.326 e. The Morgan fingerprint density at radius 2 is 0.917 bits per heavy atom. The average molecular weight is 488 g/mol. The van der Waals surface area contributed by atoms with Crippen molar-refractivity contribution in [2.75, 3.05) is 21.3 Å². The van der Waals surface area contributed by atoms with Gasteiger partial charge in [0.25, 0.3) is 11.8 Å². The number of amides is 4. The Morgan fingerprint density at radius 3 is 1.28 bits per heavy atom. The summed E-state index contributed by atoms with van der Waals surface area (Å²) in [6, 6.07) is 15.0. The van der Waals surface area contributed by atoms with Gasteiger partial charge in [-0.05, 0) is 61.4 Å². The summed E-state index contributed by atoms with van der Waals surface area (Å²) in [7, 11) is 0. The van der Waals surface area contributed by atoms with E-state index in [1.165, 1.54) is 12.1 Å². The van der Waals surface area contributed by atoms with Crippen LogP contribution in [0.15, 0.2) is 54.6 Å². The van der Waals surface area contributed by atoms with Crippen molar-refractivity contribution in [2.45, 2.75) is 40.5 Å². The van der Waals surface area contributed by atoms with Crippen LogP contribution in [0.3, 0.4) is 0 Å². The van der Waals surface area contributed by atoms with Gasteiger partial charge in [-0.2, -0.15) is 0 Å². The molecule has 0 bridgehead atoms. The van der Waals surface area contributed by atoms with Crippen LogP contribution in [-0.2, 0) is 9.59 Å². The standard InChI is InChI=1S/C27H29N5O4/c1-5-24(33)29-18-10-7-12-20(16(18)3)31-26(35)22-14-9-15-23(28-22)27(36)32-21-13-8-11-19(17(21)4)30-25(34)6-2/h7-15H,5-6H2,1-4H3,(H,29,33)(H,30,34)(H,31,35)(H,32,36). The number of nitrogens with one attached hydrogen (secondary N) is 4. The zero-order chi connectivity index (χ0) is 26.2. The Labute approximate surface area is 209 Å². The third-order valence-electron chi connectivity index (χ3n) is 5.57. The van der Waals surface area contributed by atoms with Crippen molar-refractivity contribution >= 4 is 46.4 Å². The SMILES string of the molecule is CCC(=O)Nc1cccc(NC(=O)c2cccc(C(=O)Nc3cccc(NC(=O)CC)c3C)n2)c1C. The van der Waals surface area contributed by atoms with E-state index in [0.29, 0.717) is 46.7 Å². The molecule has 36 heavy (non-hydrogen) atoms. The molecule has 0 saturated carbocycles. The predicted molar refractivity (Wildman–Crippen MR) is 140 cm³/mol. The molecule has 2 aromatic carbocycles. The van der Waals surface area contributed by atoms with Gasteiger partial charge >= 0.3 is 0 Å². The third kappa shape index (κ3) is 6.32. The molecule has 4 N–H and O–H groups in total. The van der Waals surface area contributed by atoms with E-state index in [-0.39, 0.29) is 23.2 Å². The summed E-state index contributed by atoms with van der Waals surface area (Å²) in [5, 5.41) is 11.2. The van der Waals surface area contributed by atoms with E-state index in [4.69, 9.17) is 0 Å². The van der Waals surface area contributed by atoms with Crippen LogP contribution in [0.25, 0.3) is 0 Å². The van der Waals surface area contributed by atoms with Gasteiger partial charge in [0, 0.05) is 35.6 Å². The van der Waals surface area contributed by atoms with Gasteiger partial charge in [-0.25, -0.2) is 4.98 Å². The van der Waals surface area contributed by atoms with Crippen LogP contribution < -0.4 is 21.3 Å². The maximum Gasteiger partial charge on any atom is 0.274 e. The highest BCUT2D eigenvalue weighted by Gasteiger charge is 2.16. The van der Waals surface area contributed by atoms with Crippen LogP contribution in [-0.4, -0.2) is 28.6 Å². The number of hydrogen-bond acceptors (Lipinski definition) is 5. The monoisotopic (exact) mass is 487 g/mol. The van der Waals surface area contributed by atoms with Crippen molar-refractivity contribution in [1.29, 1.82) is 0 Å². The van der Waals surface area contributed by atoms with E-state index in [0.717, 1.165) is 0 Å². The fourth-order valence-corrected chi connectivity index (χ4v) is 3.35. The van der Waals surface area contributed by atoms with E-state index in [1.54, 1.807) is 70.2 Å². The summed E-state index contributed by atoms with van der Waals surface area (Å²) in [5.41, 5.74) is 3.77. The summed E-state index contributed by atoms with van der Waals surface area (Å²) >= 11 is 0. The van der Waals surface area contributed by atoms with Crippen molar-refractivity contribution in [3.8, 4) is 0 Å². The van der Waals surface area contributed by atoms with Crippen molar-refractivity contribution in [2.24, 2.45) is 0 Å². The van der Waals surface area contributed by atoms with Gasteiger partial charge in [0.15, 0.2) is 0 Å². The number of anilines is 4. The molecule has 0 aliphatic carbocycles. The van der Waals surface area contributed by atoms with E-state index in [1.807, 2.05) is 0 Å². The summed E-state index contributed by atoms with van der Waals surface area (Å²) in [6.07, 6.45) is 0.679. The number of nitrogens with zero attached hydrogens (tertiary/aromatic N) is 1. The largest absolute Gasteiger partial charge is 0.326 e. The van der Waals surface area contributed by atoms with Crippen LogP contribution in [0.4, 0.5) is 22.7 Å². The highest BCUT2D eigenvalue weighted by atomic mass is 16.2. The second-order valence-corrected chi connectivity index (χ2v) is 8.08. The van der Waals surface area contributed by atoms with E-state index < -0.39 is 11.8 Å². The van der Waals surface area contributed by atoms with Crippen LogP contribution in [0.5, 0.6) is 0 Å². The van der Waals surface area contributed by atoms with Gasteiger partial charge in [-0.1, -0.05) is 32.0 Å². The van der Waals surface area contributed by atoms with Crippen molar-refractivity contribution in [3.63, 3.8) is 0 Å². The molecule has 1 aromatic heterocycles. The van der Waals surface area contributed by atoms with Crippen LogP contribution >= 0.6 is 0 Å². The zero-order valence-electron chi connectivity index (χ0n) is 20.7. The Balaban J connectivity index is 1.76. The molecular formula is C27H29N5O4. The molecule has 9 heteroatoms. The smallest absolute Gasteiger partial charge is 0.274 e. The fraction of sp³-hybridized carbons (Fsp3) is 0.222. The topological polar surface area (TPSA) is 129 Å². The van der Waals surface area contributed by atoms with Crippen molar-refractivity contribution in [1.82, 2.24) is 4.98 Å². The van der Waals surface area contributed by atoms with Crippen molar-refractivity contribution in [3.05, 3.63) is 77.1 Å². The first kappa shape index (κ1) is 26.1. The quantitative estimate of drug-likeness (QED) is 0.359. The molecule has 3 aromatic rings. The molecule has 1 heterocycles. The van der Waals surface area contributed by atoms with E-state index >= 15 is 0 Å². The number of carbonyl (C=O) groups excluding carboxylic acids is 4. The molecule has 0 spiro atoms. The molecule has 0 aliphatic rings. The minimum absolute atomic E-state index is 0.0609. The fourth-order valence-electron chi connectivity index (χ4n) is 3.35. The summed E-state index contributed by atoms with van der Waals surface area (Å²) in [5.74, 6) is -1.25. The number of carbonyl (C=O) groups is 4. The van der Waals surface area contributed by atoms with Gasteiger partial charge in [-0.3, -0.25) is 19.2 Å². The Hall–Kier alpha value is -4.53. The first-order chi connectivity index (χ1) is 17.2. The lowest BCUT2D eigenvalue weighted by molar-refractivity contribution is -0.116. The maximum absolute atomic E-state index is 12.9. The van der Waals surface area contributed by atoms with Gasteiger partial charge in [0.1, 0.15) is 11.4 Å². The molecule has 3 rings (SSSR count). The van der Waals surface area contributed by atoms with Gasteiger partial charge in [0.2, 0.25) is 11.8 Å². The van der Waals surface area contributed by atoms with Gasteiger partial charge < -0.3 is 21.3 Å². The molecule has 0 saturated heterocycles. The molecule has 186 valence electrons. The molecular weight excluding hydrogens is 458 g/mol. The summed E-state index contributed by atoms with van der Waals surface area (Å²) in [4.78, 5) is 53.5. The molecule has 4 amide bonds. The summed E-state index contributed by atoms with van der Waals surface area (Å²) in [6.45, 7) is 7.09. The summed E-state index contributed by atoms with van der Waals surface area (Å²) < 4.78 is 0. The molecule has 0 unspecified atom stereocenters. The first-order valence-electron chi connectivity index (χ1n) is 11.6. The number of hydrogen-bond donors (Lipinski definition) is 4. The van der Waals surface area contributed by atoms with Crippen LogP contribution in [0, 0.1) is 13.8 Å². The normalized spacial score (nSPS) is 10.3. The highest BCUT2D eigenvalue weighted by Crippen LogP contribution is 2.25. The van der Waals surface area contributed by atoms with E-state index in [2.05, 4.69) is 26.3 Å². The molecule has 9 nitrogen and oxygen atoms in total. The molecule has 0 radical (unpaired) electrons. The average Bonchev–Trinajstić information content (AvgIpc) is 2.88. The second-order valence-electron chi connectivity index (χ2n) is 8.08. The number of rotatable bonds is 8. The van der Waals surface area contributed by atoms with E-state index in [9.17, 15) is 19.2 Å². The lowest BCUT2D eigenvalue weighted by Crippen LogP contribution is -2.20. The molecule has 0 aliphatic heterocycles. The second kappa shape index (κ2) is 11.7. The zero-order valence-corrected chi connectivity index (χ0v) is 20.7. The van der Waals surface area contributed by atoms with Gasteiger partial charge in [0.05, 0.1) is 0 Å². The maximum atomic E-state index is 12.9. The first-order valence-corrected chi connectivity index (χ1v) is 11.6. The third-order valence-corrected chi connectivity index (χ3v) is 5.57. The number of pyridine rings is 1. The highest BCUT2D eigenvalue weighted by molar-refractivity contribution is 6.07. The Morgan fingerprint density at radius 1 is 0.583 bits per heavy atom. The lowest BCUT2D eigenvalue weighted by atomic mass is 10.1. The predicted octanol–water partition coefficient (Wildman–Crippen LogP) is 4.90. The Kier molecular flexibility index (Phi) is 8.51. The minimum atomic E-state index is -0.493. The van der Waals surface area contributed by atoms with Gasteiger partial charge in [-0.15, -0.1) is 0 Å². The lowest BCUT2D eigenvalue weighted by Gasteiger charge is -2.14. The van der Waals surface area contributed by atoms with Crippen LogP contribution in [0.2, 0.25) is 0 Å². The van der Waals surface area contributed by atoms with Crippen molar-refractivity contribution < 1.29 is 19.2 Å².